The minimum Gasteiger partial charge on any atom is -0.409 e. The molecule has 2 rings (SSSR count). The van der Waals surface area contributed by atoms with E-state index in [1.54, 1.807) is 18.2 Å². The van der Waals surface area contributed by atoms with Crippen molar-refractivity contribution in [2.45, 2.75) is 10.1 Å². The Hall–Kier alpha value is -2.15. The Labute approximate surface area is 107 Å². The second-order valence-electron chi connectivity index (χ2n) is 3.24. The first-order valence-corrected chi connectivity index (χ1v) is 5.75. The van der Waals surface area contributed by atoms with Crippen molar-refractivity contribution < 1.29 is 9.60 Å². The number of halogens is 1. The minimum atomic E-state index is -0.347. The highest BCUT2D eigenvalue weighted by molar-refractivity contribution is 7.99. The molecule has 0 aliphatic rings. The SMILES string of the molecule is N/C(=N/O)c1ccnc(Sc2ccccc2F)n1. The molecule has 0 saturated heterocycles. The van der Waals surface area contributed by atoms with Gasteiger partial charge in [-0.05, 0) is 30.0 Å². The Morgan fingerprint density at radius 2 is 2.11 bits per heavy atom. The molecule has 7 heteroatoms. The Morgan fingerprint density at radius 3 is 2.83 bits per heavy atom. The van der Waals surface area contributed by atoms with Crippen molar-refractivity contribution in [3.8, 4) is 0 Å². The van der Waals surface area contributed by atoms with Gasteiger partial charge in [-0.3, -0.25) is 0 Å². The summed E-state index contributed by atoms with van der Waals surface area (Å²) in [4.78, 5) is 8.45. The molecule has 1 aromatic carbocycles. The van der Waals surface area contributed by atoms with Crippen LogP contribution in [0.3, 0.4) is 0 Å². The normalized spacial score (nSPS) is 11.5. The summed E-state index contributed by atoms with van der Waals surface area (Å²) >= 11 is 1.07. The molecule has 0 atom stereocenters. The third-order valence-electron chi connectivity index (χ3n) is 2.04. The van der Waals surface area contributed by atoms with Crippen LogP contribution in [-0.4, -0.2) is 21.0 Å². The summed E-state index contributed by atoms with van der Waals surface area (Å²) in [5, 5.41) is 11.7. The molecule has 0 fully saturated rings. The number of hydrogen-bond acceptors (Lipinski definition) is 5. The number of amidine groups is 1. The van der Waals surface area contributed by atoms with Crippen molar-refractivity contribution in [2.75, 3.05) is 0 Å². The maximum absolute atomic E-state index is 13.4. The van der Waals surface area contributed by atoms with Crippen LogP contribution < -0.4 is 5.73 Å². The summed E-state index contributed by atoms with van der Waals surface area (Å²) in [5.41, 5.74) is 5.70. The van der Waals surface area contributed by atoms with Crippen LogP contribution >= 0.6 is 11.8 Å². The van der Waals surface area contributed by atoms with Gasteiger partial charge in [0.25, 0.3) is 0 Å². The zero-order valence-corrected chi connectivity index (χ0v) is 9.93. The lowest BCUT2D eigenvalue weighted by Gasteiger charge is -2.03. The fraction of sp³-hybridized carbons (Fsp3) is 0. The van der Waals surface area contributed by atoms with E-state index in [-0.39, 0.29) is 17.3 Å². The molecule has 0 amide bonds. The number of rotatable bonds is 3. The molecule has 0 saturated carbocycles. The third kappa shape index (κ3) is 2.75. The van der Waals surface area contributed by atoms with Crippen LogP contribution in [0, 0.1) is 5.82 Å². The highest BCUT2D eigenvalue weighted by atomic mass is 32.2. The van der Waals surface area contributed by atoms with E-state index in [0.717, 1.165) is 11.8 Å². The minimum absolute atomic E-state index is 0.118. The van der Waals surface area contributed by atoms with Gasteiger partial charge in [0.2, 0.25) is 0 Å². The van der Waals surface area contributed by atoms with E-state index in [4.69, 9.17) is 10.9 Å². The Balaban J connectivity index is 2.28. The molecule has 0 bridgehead atoms. The number of nitrogens with zero attached hydrogens (tertiary/aromatic N) is 3. The molecule has 0 unspecified atom stereocenters. The average molecular weight is 264 g/mol. The van der Waals surface area contributed by atoms with Crippen LogP contribution in [0.5, 0.6) is 0 Å². The summed E-state index contributed by atoms with van der Waals surface area (Å²) in [7, 11) is 0. The van der Waals surface area contributed by atoms with Crippen LogP contribution in [0.1, 0.15) is 5.69 Å². The Morgan fingerprint density at radius 1 is 1.33 bits per heavy atom. The summed E-state index contributed by atoms with van der Waals surface area (Å²) in [5.74, 6) is -0.465. The molecule has 5 nitrogen and oxygen atoms in total. The maximum atomic E-state index is 13.4. The molecule has 1 heterocycles. The predicted octanol–water partition coefficient (Wildman–Crippen LogP) is 1.86. The zero-order chi connectivity index (χ0) is 13.0. The highest BCUT2D eigenvalue weighted by Crippen LogP contribution is 2.26. The van der Waals surface area contributed by atoms with Crippen molar-refractivity contribution in [3.63, 3.8) is 0 Å². The van der Waals surface area contributed by atoms with E-state index in [1.165, 1.54) is 18.3 Å². The van der Waals surface area contributed by atoms with Gasteiger partial charge in [-0.1, -0.05) is 17.3 Å². The van der Waals surface area contributed by atoms with E-state index >= 15 is 0 Å². The molecular formula is C11H9FN4OS. The fourth-order valence-corrected chi connectivity index (χ4v) is 1.98. The number of aromatic nitrogens is 2. The van der Waals surface area contributed by atoms with Crippen molar-refractivity contribution in [2.24, 2.45) is 10.9 Å². The Kier molecular flexibility index (Phi) is 3.73. The van der Waals surface area contributed by atoms with E-state index in [0.29, 0.717) is 10.1 Å². The summed E-state index contributed by atoms with van der Waals surface area (Å²) in [6.45, 7) is 0. The van der Waals surface area contributed by atoms with Crippen molar-refractivity contribution in [1.82, 2.24) is 9.97 Å². The van der Waals surface area contributed by atoms with Gasteiger partial charge in [-0.25, -0.2) is 14.4 Å². The number of nitrogens with two attached hydrogens (primary N) is 1. The summed E-state index contributed by atoms with van der Waals surface area (Å²) in [6.07, 6.45) is 1.46. The van der Waals surface area contributed by atoms with Gasteiger partial charge in [0, 0.05) is 6.20 Å². The first-order chi connectivity index (χ1) is 8.70. The van der Waals surface area contributed by atoms with Gasteiger partial charge in [0.05, 0.1) is 4.90 Å². The van der Waals surface area contributed by atoms with E-state index in [9.17, 15) is 4.39 Å². The molecule has 0 radical (unpaired) electrons. The van der Waals surface area contributed by atoms with Crippen LogP contribution in [0.2, 0.25) is 0 Å². The van der Waals surface area contributed by atoms with Gasteiger partial charge >= 0.3 is 0 Å². The maximum Gasteiger partial charge on any atom is 0.193 e. The molecule has 1 aromatic heterocycles. The Bertz CT molecular complexity index is 591. The van der Waals surface area contributed by atoms with Crippen molar-refractivity contribution in [3.05, 3.63) is 48.0 Å². The topological polar surface area (TPSA) is 84.4 Å². The van der Waals surface area contributed by atoms with Gasteiger partial charge in [-0.15, -0.1) is 0 Å². The fourth-order valence-electron chi connectivity index (χ4n) is 1.21. The first-order valence-electron chi connectivity index (χ1n) is 4.94. The van der Waals surface area contributed by atoms with Gasteiger partial charge in [0.15, 0.2) is 11.0 Å². The molecule has 2 aromatic rings. The standard InChI is InChI=1S/C11H9FN4OS/c12-7-3-1-2-4-9(7)18-11-14-6-5-8(15-11)10(13)16-17/h1-6,17H,(H2,13,16). The largest absolute Gasteiger partial charge is 0.409 e. The molecule has 18 heavy (non-hydrogen) atoms. The molecule has 0 spiro atoms. The molecule has 3 N–H and O–H groups in total. The lowest BCUT2D eigenvalue weighted by atomic mass is 10.3. The average Bonchev–Trinajstić information content (AvgIpc) is 2.41. The first kappa shape index (κ1) is 12.3. The van der Waals surface area contributed by atoms with Crippen LogP contribution in [0.25, 0.3) is 0 Å². The van der Waals surface area contributed by atoms with Gasteiger partial charge < -0.3 is 10.9 Å². The number of oxime groups is 1. The molecule has 0 aliphatic heterocycles. The monoisotopic (exact) mass is 264 g/mol. The highest BCUT2D eigenvalue weighted by Gasteiger charge is 2.08. The van der Waals surface area contributed by atoms with Gasteiger partial charge in [0.1, 0.15) is 11.5 Å². The summed E-state index contributed by atoms with van der Waals surface area (Å²) < 4.78 is 13.4. The lowest BCUT2D eigenvalue weighted by molar-refractivity contribution is 0.318. The second-order valence-corrected chi connectivity index (χ2v) is 4.25. The van der Waals surface area contributed by atoms with Crippen LogP contribution in [-0.2, 0) is 0 Å². The van der Waals surface area contributed by atoms with Gasteiger partial charge in [-0.2, -0.15) is 0 Å². The van der Waals surface area contributed by atoms with Crippen molar-refractivity contribution >= 4 is 17.6 Å². The smallest absolute Gasteiger partial charge is 0.193 e. The third-order valence-corrected chi connectivity index (χ3v) is 2.97. The van der Waals surface area contributed by atoms with Crippen molar-refractivity contribution in [1.29, 1.82) is 0 Å². The lowest BCUT2D eigenvalue weighted by Crippen LogP contribution is -2.15. The molecular weight excluding hydrogens is 255 g/mol. The second kappa shape index (κ2) is 5.46. The van der Waals surface area contributed by atoms with Crippen LogP contribution in [0.15, 0.2) is 51.7 Å². The molecule has 0 aliphatic carbocycles. The number of hydrogen-bond donors (Lipinski definition) is 2. The number of benzene rings is 1. The molecule has 92 valence electrons. The van der Waals surface area contributed by atoms with E-state index in [2.05, 4.69) is 15.1 Å². The summed E-state index contributed by atoms with van der Waals surface area (Å²) in [6, 6.07) is 7.81. The quantitative estimate of drug-likeness (QED) is 0.290. The van der Waals surface area contributed by atoms with E-state index in [1.807, 2.05) is 0 Å². The van der Waals surface area contributed by atoms with E-state index < -0.39 is 0 Å². The van der Waals surface area contributed by atoms with Crippen LogP contribution in [0.4, 0.5) is 4.39 Å². The zero-order valence-electron chi connectivity index (χ0n) is 9.12. The predicted molar refractivity (Wildman–Crippen MR) is 65.1 cm³/mol.